The fourth-order valence-electron chi connectivity index (χ4n) is 1.20. The van der Waals surface area contributed by atoms with Gasteiger partial charge in [-0.1, -0.05) is 20.8 Å². The van der Waals surface area contributed by atoms with Crippen LogP contribution in [0, 0.1) is 0 Å². The van der Waals surface area contributed by atoms with Crippen LogP contribution >= 0.6 is 12.6 Å². The Bertz CT molecular complexity index is 284. The highest BCUT2D eigenvalue weighted by Crippen LogP contribution is 2.20. The molecule has 0 fully saturated rings. The second-order valence-corrected chi connectivity index (χ2v) is 4.82. The Balaban J connectivity index is 2.95. The molecule has 0 N–H and O–H groups in total. The van der Waals surface area contributed by atoms with Gasteiger partial charge in [0.25, 0.3) is 0 Å². The molecule has 1 aromatic heterocycles. The predicted octanol–water partition coefficient (Wildman–Crippen LogP) is 2.19. The summed E-state index contributed by atoms with van der Waals surface area (Å²) < 4.78 is 2.09. The van der Waals surface area contributed by atoms with Crippen LogP contribution in [-0.2, 0) is 18.9 Å². The molecule has 0 amide bonds. The van der Waals surface area contributed by atoms with Crippen LogP contribution in [0.3, 0.4) is 0 Å². The maximum absolute atomic E-state index is 4.58. The number of hydrogen-bond donors (Lipinski definition) is 1. The third kappa shape index (κ3) is 2.50. The average molecular weight is 198 g/mol. The largest absolute Gasteiger partial charge is 0.338 e. The molecular weight excluding hydrogens is 180 g/mol. The highest BCUT2D eigenvalue weighted by Gasteiger charge is 2.18. The predicted molar refractivity (Wildman–Crippen MR) is 59.5 cm³/mol. The summed E-state index contributed by atoms with van der Waals surface area (Å²) in [6.45, 7) is 6.54. The van der Waals surface area contributed by atoms with Crippen LogP contribution in [0.5, 0.6) is 0 Å². The molecule has 0 aliphatic heterocycles. The minimum absolute atomic E-state index is 0.145. The third-order valence-electron chi connectivity index (χ3n) is 2.08. The van der Waals surface area contributed by atoms with E-state index in [9.17, 15) is 0 Å². The van der Waals surface area contributed by atoms with Gasteiger partial charge in [0, 0.05) is 25.1 Å². The first kappa shape index (κ1) is 10.6. The van der Waals surface area contributed by atoms with Gasteiger partial charge in [0.1, 0.15) is 5.82 Å². The molecule has 0 aromatic carbocycles. The summed E-state index contributed by atoms with van der Waals surface area (Å²) >= 11 is 4.21. The lowest BCUT2D eigenvalue weighted by Gasteiger charge is -2.13. The van der Waals surface area contributed by atoms with E-state index in [0.717, 1.165) is 23.7 Å². The van der Waals surface area contributed by atoms with Crippen molar-refractivity contribution in [2.45, 2.75) is 32.6 Å². The molecule has 3 heteroatoms. The maximum atomic E-state index is 4.58. The van der Waals surface area contributed by atoms with Gasteiger partial charge in [-0.05, 0) is 5.75 Å². The second kappa shape index (κ2) is 3.74. The Morgan fingerprint density at radius 3 is 2.46 bits per heavy atom. The van der Waals surface area contributed by atoms with E-state index in [1.165, 1.54) is 0 Å². The quantitative estimate of drug-likeness (QED) is 0.721. The topological polar surface area (TPSA) is 17.8 Å². The Morgan fingerprint density at radius 2 is 2.08 bits per heavy atom. The fraction of sp³-hybridized carbons (Fsp3) is 0.700. The minimum atomic E-state index is 0.145. The Kier molecular flexibility index (Phi) is 3.06. The van der Waals surface area contributed by atoms with E-state index >= 15 is 0 Å². The Labute approximate surface area is 85.8 Å². The molecule has 0 aliphatic rings. The summed E-state index contributed by atoms with van der Waals surface area (Å²) in [5.41, 5.74) is 1.30. The van der Waals surface area contributed by atoms with Gasteiger partial charge in [-0.15, -0.1) is 0 Å². The zero-order valence-electron chi connectivity index (χ0n) is 8.83. The molecule has 0 unspecified atom stereocenters. The zero-order chi connectivity index (χ0) is 10.1. The monoisotopic (exact) mass is 198 g/mol. The van der Waals surface area contributed by atoms with Crippen LogP contribution in [0.1, 0.15) is 32.3 Å². The number of nitrogens with zero attached hydrogens (tertiary/aromatic N) is 2. The molecule has 2 nitrogen and oxygen atoms in total. The molecule has 1 aromatic rings. The lowest BCUT2D eigenvalue weighted by molar-refractivity contribution is 0.570. The number of thiol groups is 1. The van der Waals surface area contributed by atoms with Gasteiger partial charge in [-0.25, -0.2) is 4.98 Å². The first-order valence-corrected chi connectivity index (χ1v) is 5.22. The maximum Gasteiger partial charge on any atom is 0.109 e. The first-order chi connectivity index (χ1) is 5.95. The molecule has 0 bridgehead atoms. The Morgan fingerprint density at radius 1 is 1.46 bits per heavy atom. The van der Waals surface area contributed by atoms with Crippen molar-refractivity contribution in [3.8, 4) is 0 Å². The van der Waals surface area contributed by atoms with E-state index in [-0.39, 0.29) is 5.41 Å². The molecule has 0 saturated heterocycles. The summed E-state index contributed by atoms with van der Waals surface area (Å²) in [4.78, 5) is 4.58. The molecule has 0 spiro atoms. The van der Waals surface area contributed by atoms with Crippen molar-refractivity contribution in [1.29, 1.82) is 0 Å². The van der Waals surface area contributed by atoms with Gasteiger partial charge in [-0.2, -0.15) is 12.6 Å². The molecule has 74 valence electrons. The van der Waals surface area contributed by atoms with Crippen molar-refractivity contribution in [1.82, 2.24) is 9.55 Å². The Hall–Kier alpha value is -0.440. The SMILES string of the molecule is Cn1cc(C(C)(C)C)nc1CCS. The number of aromatic nitrogens is 2. The lowest BCUT2D eigenvalue weighted by Crippen LogP contribution is -2.11. The van der Waals surface area contributed by atoms with Crippen LogP contribution in [0.4, 0.5) is 0 Å². The molecule has 0 aliphatic carbocycles. The molecule has 1 heterocycles. The standard InChI is InChI=1S/C10H18N2S/c1-10(2,3)8-7-12(4)9(11-8)5-6-13/h7,13H,5-6H2,1-4H3. The number of imidazole rings is 1. The van der Waals surface area contributed by atoms with Crippen molar-refractivity contribution in [3.63, 3.8) is 0 Å². The van der Waals surface area contributed by atoms with Gasteiger partial charge in [-0.3, -0.25) is 0 Å². The second-order valence-electron chi connectivity index (χ2n) is 4.38. The van der Waals surface area contributed by atoms with Gasteiger partial charge in [0.2, 0.25) is 0 Å². The molecule has 0 radical (unpaired) electrons. The normalized spacial score (nSPS) is 12.1. The number of rotatable bonds is 2. The van der Waals surface area contributed by atoms with E-state index in [2.05, 4.69) is 49.1 Å². The van der Waals surface area contributed by atoms with E-state index in [4.69, 9.17) is 0 Å². The van der Waals surface area contributed by atoms with E-state index < -0.39 is 0 Å². The van der Waals surface area contributed by atoms with Crippen LogP contribution in [-0.4, -0.2) is 15.3 Å². The van der Waals surface area contributed by atoms with Crippen molar-refractivity contribution in [2.24, 2.45) is 7.05 Å². The van der Waals surface area contributed by atoms with Crippen LogP contribution in [0.2, 0.25) is 0 Å². The number of hydrogen-bond acceptors (Lipinski definition) is 2. The zero-order valence-corrected chi connectivity index (χ0v) is 9.73. The van der Waals surface area contributed by atoms with E-state index in [0.29, 0.717) is 0 Å². The van der Waals surface area contributed by atoms with Crippen LogP contribution in [0.25, 0.3) is 0 Å². The van der Waals surface area contributed by atoms with Crippen LogP contribution in [0.15, 0.2) is 6.20 Å². The molecule has 1 rings (SSSR count). The molecule has 0 saturated carbocycles. The first-order valence-electron chi connectivity index (χ1n) is 4.58. The fourth-order valence-corrected chi connectivity index (χ4v) is 1.40. The summed E-state index contributed by atoms with van der Waals surface area (Å²) in [6, 6.07) is 0. The van der Waals surface area contributed by atoms with Crippen molar-refractivity contribution >= 4 is 12.6 Å². The highest BCUT2D eigenvalue weighted by atomic mass is 32.1. The van der Waals surface area contributed by atoms with E-state index in [1.54, 1.807) is 0 Å². The van der Waals surface area contributed by atoms with Crippen molar-refractivity contribution < 1.29 is 0 Å². The molecule has 0 atom stereocenters. The smallest absolute Gasteiger partial charge is 0.109 e. The van der Waals surface area contributed by atoms with Crippen molar-refractivity contribution in [2.75, 3.05) is 5.75 Å². The summed E-state index contributed by atoms with van der Waals surface area (Å²) in [7, 11) is 2.04. The van der Waals surface area contributed by atoms with Crippen molar-refractivity contribution in [3.05, 3.63) is 17.7 Å². The van der Waals surface area contributed by atoms with Gasteiger partial charge in [0.05, 0.1) is 5.69 Å². The van der Waals surface area contributed by atoms with Crippen LogP contribution < -0.4 is 0 Å². The van der Waals surface area contributed by atoms with Gasteiger partial charge < -0.3 is 4.57 Å². The van der Waals surface area contributed by atoms with E-state index in [1.807, 2.05) is 7.05 Å². The summed E-state index contributed by atoms with van der Waals surface area (Å²) in [6.07, 6.45) is 3.05. The minimum Gasteiger partial charge on any atom is -0.338 e. The highest BCUT2D eigenvalue weighted by molar-refractivity contribution is 7.80. The number of aryl methyl sites for hydroxylation is 2. The lowest BCUT2D eigenvalue weighted by atomic mass is 9.93. The van der Waals surface area contributed by atoms with Gasteiger partial charge >= 0.3 is 0 Å². The molecule has 13 heavy (non-hydrogen) atoms. The summed E-state index contributed by atoms with van der Waals surface area (Å²) in [5, 5.41) is 0. The van der Waals surface area contributed by atoms with Gasteiger partial charge in [0.15, 0.2) is 0 Å². The molecular formula is C10H18N2S. The third-order valence-corrected chi connectivity index (χ3v) is 2.30. The average Bonchev–Trinajstić information content (AvgIpc) is 2.32. The summed E-state index contributed by atoms with van der Waals surface area (Å²) in [5.74, 6) is 1.98.